The van der Waals surface area contributed by atoms with Gasteiger partial charge in [0.05, 0.1) is 24.5 Å². The van der Waals surface area contributed by atoms with E-state index in [1.165, 1.54) is 0 Å². The maximum Gasteiger partial charge on any atom is 0.231 e. The number of hydrogen-bond acceptors (Lipinski definition) is 6. The van der Waals surface area contributed by atoms with Crippen molar-refractivity contribution < 1.29 is 18.3 Å². The van der Waals surface area contributed by atoms with Crippen molar-refractivity contribution >= 4 is 32.4 Å². The van der Waals surface area contributed by atoms with Crippen molar-refractivity contribution in [3.05, 3.63) is 11.1 Å². The second-order valence-corrected chi connectivity index (χ2v) is 7.05. The van der Waals surface area contributed by atoms with Crippen LogP contribution in [0.5, 0.6) is 0 Å². The number of anilines is 1. The van der Waals surface area contributed by atoms with Crippen LogP contribution in [-0.4, -0.2) is 43.3 Å². The topological polar surface area (TPSA) is 108 Å². The molecule has 0 radical (unpaired) electrons. The van der Waals surface area contributed by atoms with Gasteiger partial charge in [-0.25, -0.2) is 13.4 Å². The number of rotatable bonds is 8. The Bertz CT molecular complexity index is 542. The predicted octanol–water partition coefficient (Wildman–Crippen LogP) is 0.334. The first-order valence-electron chi connectivity index (χ1n) is 6.17. The lowest BCUT2D eigenvalue weighted by Gasteiger charge is -2.09. The summed E-state index contributed by atoms with van der Waals surface area (Å²) in [5.74, 6) is -0.253. The highest BCUT2D eigenvalue weighted by Gasteiger charge is 2.11. The van der Waals surface area contributed by atoms with Crippen molar-refractivity contribution in [2.45, 2.75) is 32.3 Å². The zero-order chi connectivity index (χ0) is 15.2. The van der Waals surface area contributed by atoms with Crippen LogP contribution in [0.15, 0.2) is 5.38 Å². The molecule has 1 unspecified atom stereocenters. The van der Waals surface area contributed by atoms with Crippen LogP contribution < -0.4 is 10.0 Å². The van der Waals surface area contributed by atoms with Crippen LogP contribution in [0, 0.1) is 0 Å². The Morgan fingerprint density at radius 1 is 1.55 bits per heavy atom. The first-order valence-corrected chi connectivity index (χ1v) is 8.94. The van der Waals surface area contributed by atoms with Gasteiger partial charge >= 0.3 is 0 Å². The summed E-state index contributed by atoms with van der Waals surface area (Å²) < 4.78 is 24.3. The van der Waals surface area contributed by atoms with E-state index in [0.29, 0.717) is 12.1 Å². The van der Waals surface area contributed by atoms with Crippen molar-refractivity contribution in [2.75, 3.05) is 17.5 Å². The number of carbonyl (C=O) groups excluding carboxylic acids is 1. The monoisotopic (exact) mass is 321 g/mol. The van der Waals surface area contributed by atoms with E-state index in [1.54, 1.807) is 5.38 Å². The van der Waals surface area contributed by atoms with Crippen LogP contribution in [-0.2, 0) is 21.2 Å². The molecule has 1 rings (SSSR count). The van der Waals surface area contributed by atoms with Crippen molar-refractivity contribution in [2.24, 2.45) is 0 Å². The average molecular weight is 321 g/mol. The number of aromatic nitrogens is 1. The highest BCUT2D eigenvalue weighted by atomic mass is 32.2. The Hall–Kier alpha value is -1.19. The molecule has 3 N–H and O–H groups in total. The first-order chi connectivity index (χ1) is 9.30. The number of carbonyl (C=O) groups is 1. The second kappa shape index (κ2) is 7.55. The quantitative estimate of drug-likeness (QED) is 0.639. The summed E-state index contributed by atoms with van der Waals surface area (Å²) in [6, 6.07) is 0. The summed E-state index contributed by atoms with van der Waals surface area (Å²) in [5.41, 5.74) is 0.489. The van der Waals surface area contributed by atoms with Crippen molar-refractivity contribution in [1.29, 1.82) is 0 Å². The average Bonchev–Trinajstić information content (AvgIpc) is 2.71. The minimum absolute atomic E-state index is 0.0563. The lowest BCUT2D eigenvalue weighted by Crippen LogP contribution is -2.33. The maximum absolute atomic E-state index is 11.6. The molecular formula is C11H19N3O4S2. The van der Waals surface area contributed by atoms with E-state index in [4.69, 9.17) is 0 Å². The van der Waals surface area contributed by atoms with Gasteiger partial charge in [-0.15, -0.1) is 11.3 Å². The third-order valence-electron chi connectivity index (χ3n) is 2.32. The fourth-order valence-corrected chi connectivity index (χ4v) is 3.05. The molecule has 1 aromatic rings. The number of thiazole rings is 1. The molecule has 1 aromatic heterocycles. The SMILES string of the molecule is CCCC(O)CNC(=O)Cc1csc(NS(C)(=O)=O)n1. The van der Waals surface area contributed by atoms with Gasteiger partial charge in [-0.05, 0) is 6.42 Å². The predicted molar refractivity (Wildman–Crippen MR) is 78.2 cm³/mol. The van der Waals surface area contributed by atoms with Crippen molar-refractivity contribution in [3.8, 4) is 0 Å². The van der Waals surface area contributed by atoms with E-state index in [9.17, 15) is 18.3 Å². The zero-order valence-electron chi connectivity index (χ0n) is 11.4. The Kier molecular flexibility index (Phi) is 6.37. The van der Waals surface area contributed by atoms with Crippen LogP contribution in [0.25, 0.3) is 0 Å². The molecule has 7 nitrogen and oxygen atoms in total. The Morgan fingerprint density at radius 3 is 2.85 bits per heavy atom. The fraction of sp³-hybridized carbons (Fsp3) is 0.636. The van der Waals surface area contributed by atoms with E-state index in [2.05, 4.69) is 15.0 Å². The molecule has 0 aromatic carbocycles. The fourth-order valence-electron chi connectivity index (χ4n) is 1.49. The summed E-state index contributed by atoms with van der Waals surface area (Å²) in [5, 5.41) is 14.0. The Balaban J connectivity index is 2.43. The maximum atomic E-state index is 11.6. The molecule has 0 aliphatic rings. The molecule has 0 aliphatic heterocycles. The minimum Gasteiger partial charge on any atom is -0.391 e. The molecule has 9 heteroatoms. The van der Waals surface area contributed by atoms with Crippen molar-refractivity contribution in [1.82, 2.24) is 10.3 Å². The molecule has 0 fully saturated rings. The van der Waals surface area contributed by atoms with Crippen LogP contribution in [0.3, 0.4) is 0 Å². The zero-order valence-corrected chi connectivity index (χ0v) is 13.1. The van der Waals surface area contributed by atoms with E-state index in [-0.39, 0.29) is 24.0 Å². The molecule has 0 saturated heterocycles. The number of nitrogens with zero attached hydrogens (tertiary/aromatic N) is 1. The van der Waals surface area contributed by atoms with Gasteiger partial charge in [0.2, 0.25) is 15.9 Å². The largest absolute Gasteiger partial charge is 0.391 e. The second-order valence-electron chi connectivity index (χ2n) is 4.44. The van der Waals surface area contributed by atoms with Gasteiger partial charge in [0.1, 0.15) is 0 Å². The number of aliphatic hydroxyl groups is 1. The van der Waals surface area contributed by atoms with E-state index < -0.39 is 16.1 Å². The number of nitrogens with one attached hydrogen (secondary N) is 2. The first kappa shape index (κ1) is 16.9. The molecule has 1 amide bonds. The van der Waals surface area contributed by atoms with Gasteiger partial charge < -0.3 is 10.4 Å². The van der Waals surface area contributed by atoms with E-state index in [0.717, 1.165) is 24.0 Å². The van der Waals surface area contributed by atoms with Crippen LogP contribution in [0.1, 0.15) is 25.5 Å². The van der Waals surface area contributed by atoms with Gasteiger partial charge in [0, 0.05) is 11.9 Å². The molecule has 0 bridgehead atoms. The molecule has 0 aliphatic carbocycles. The van der Waals surface area contributed by atoms with E-state index in [1.807, 2.05) is 6.92 Å². The van der Waals surface area contributed by atoms with Gasteiger partial charge in [-0.3, -0.25) is 9.52 Å². The van der Waals surface area contributed by atoms with Gasteiger partial charge in [0.25, 0.3) is 0 Å². The normalized spacial score (nSPS) is 12.9. The Labute approximate surface area is 122 Å². The van der Waals surface area contributed by atoms with Gasteiger partial charge in [0.15, 0.2) is 5.13 Å². The highest BCUT2D eigenvalue weighted by Crippen LogP contribution is 2.16. The lowest BCUT2D eigenvalue weighted by molar-refractivity contribution is -0.120. The lowest BCUT2D eigenvalue weighted by atomic mass is 10.2. The molecule has 1 atom stereocenters. The third-order valence-corrected chi connectivity index (χ3v) is 3.82. The standard InChI is InChI=1S/C11H19N3O4S2/c1-3-4-9(15)6-12-10(16)5-8-7-19-11(13-8)14-20(2,17)18/h7,9,15H,3-6H2,1-2H3,(H,12,16)(H,13,14). The molecular weight excluding hydrogens is 302 g/mol. The summed E-state index contributed by atoms with van der Waals surface area (Å²) in [7, 11) is -3.36. The summed E-state index contributed by atoms with van der Waals surface area (Å²) in [6.45, 7) is 2.17. The van der Waals surface area contributed by atoms with Gasteiger partial charge in [-0.2, -0.15) is 0 Å². The van der Waals surface area contributed by atoms with Crippen molar-refractivity contribution in [3.63, 3.8) is 0 Å². The number of aliphatic hydroxyl groups excluding tert-OH is 1. The summed E-state index contributed by atoms with van der Waals surface area (Å²) >= 11 is 1.12. The summed E-state index contributed by atoms with van der Waals surface area (Å²) in [6.07, 6.45) is 2.04. The Morgan fingerprint density at radius 2 is 2.25 bits per heavy atom. The number of amides is 1. The number of sulfonamides is 1. The van der Waals surface area contributed by atoms with Gasteiger partial charge in [-0.1, -0.05) is 13.3 Å². The summed E-state index contributed by atoms with van der Waals surface area (Å²) in [4.78, 5) is 15.6. The van der Waals surface area contributed by atoms with Crippen LogP contribution in [0.2, 0.25) is 0 Å². The minimum atomic E-state index is -3.36. The highest BCUT2D eigenvalue weighted by molar-refractivity contribution is 7.92. The van der Waals surface area contributed by atoms with Crippen LogP contribution in [0.4, 0.5) is 5.13 Å². The molecule has 1 heterocycles. The number of hydrogen-bond donors (Lipinski definition) is 3. The molecule has 20 heavy (non-hydrogen) atoms. The molecule has 0 saturated carbocycles. The third kappa shape index (κ3) is 6.83. The van der Waals surface area contributed by atoms with Crippen LogP contribution >= 0.6 is 11.3 Å². The molecule has 0 spiro atoms. The molecule has 114 valence electrons. The smallest absolute Gasteiger partial charge is 0.231 e. The van der Waals surface area contributed by atoms with E-state index >= 15 is 0 Å².